The molecule has 0 bridgehead atoms. The molecule has 0 radical (unpaired) electrons. The maximum Gasteiger partial charge on any atom is 0.435 e. The van der Waals surface area contributed by atoms with Crippen molar-refractivity contribution < 1.29 is 18.0 Å². The van der Waals surface area contributed by atoms with Gasteiger partial charge in [-0.1, -0.05) is 43.5 Å². The first-order valence-corrected chi connectivity index (χ1v) is 10.7. The Morgan fingerprint density at radius 3 is 2.70 bits per heavy atom. The van der Waals surface area contributed by atoms with Gasteiger partial charge in [0, 0.05) is 36.8 Å². The molecule has 0 unspecified atom stereocenters. The van der Waals surface area contributed by atoms with Crippen molar-refractivity contribution >= 4 is 23.5 Å². The van der Waals surface area contributed by atoms with Crippen LogP contribution >= 0.6 is 11.6 Å². The summed E-state index contributed by atoms with van der Waals surface area (Å²) in [5, 5.41) is 6.26. The van der Waals surface area contributed by atoms with Gasteiger partial charge in [-0.3, -0.25) is 9.78 Å². The van der Waals surface area contributed by atoms with Crippen molar-refractivity contribution in [1.29, 1.82) is 0 Å². The zero-order valence-corrected chi connectivity index (χ0v) is 18.5. The van der Waals surface area contributed by atoms with Crippen molar-refractivity contribution in [3.05, 3.63) is 71.4 Å². The van der Waals surface area contributed by atoms with E-state index in [9.17, 15) is 18.0 Å². The molecule has 1 aliphatic rings. The number of allylic oxidation sites excluding steroid dienone is 2. The van der Waals surface area contributed by atoms with Gasteiger partial charge < -0.3 is 11.1 Å². The number of alkyl halides is 3. The van der Waals surface area contributed by atoms with E-state index in [1.807, 2.05) is 12.1 Å². The summed E-state index contributed by atoms with van der Waals surface area (Å²) in [5.41, 5.74) is 4.30. The van der Waals surface area contributed by atoms with E-state index in [0.717, 1.165) is 50.1 Å². The SMILES string of the molecule is C=C/C(Cl)=C\N=C(N)n1cc(C(=O)NCC2(c3cccnc3)CCCCC2)c(C(F)(F)F)n1. The zero-order chi connectivity index (χ0) is 24.1. The standard InChI is InChI=1S/C22H24ClF3N6O/c1-2-16(23)12-29-20(27)32-13-17(18(31-32)22(24,25)26)19(33)30-14-21(8-4-3-5-9-21)15-7-6-10-28-11-15/h2,6-7,10-13H,1,3-5,8-9,14H2,(H2,27,29)(H,30,33)/b16-12+. The molecule has 1 fully saturated rings. The Morgan fingerprint density at radius 1 is 1.36 bits per heavy atom. The van der Waals surface area contributed by atoms with Gasteiger partial charge in [0.05, 0.1) is 10.6 Å². The number of carbonyl (C=O) groups is 1. The van der Waals surface area contributed by atoms with E-state index in [1.54, 1.807) is 12.4 Å². The zero-order valence-electron chi connectivity index (χ0n) is 17.8. The number of nitrogens with two attached hydrogens (primary N) is 1. The minimum absolute atomic E-state index is 0.132. The lowest BCUT2D eigenvalue weighted by Crippen LogP contribution is -2.42. The third-order valence-corrected chi connectivity index (χ3v) is 5.90. The minimum Gasteiger partial charge on any atom is -0.368 e. The van der Waals surface area contributed by atoms with Gasteiger partial charge in [0.2, 0.25) is 5.96 Å². The van der Waals surface area contributed by atoms with Gasteiger partial charge in [0.1, 0.15) is 0 Å². The molecule has 176 valence electrons. The van der Waals surface area contributed by atoms with E-state index in [0.29, 0.717) is 4.68 Å². The van der Waals surface area contributed by atoms with Crippen LogP contribution in [0.3, 0.4) is 0 Å². The second kappa shape index (κ2) is 10.2. The van der Waals surface area contributed by atoms with Crippen LogP contribution in [0.25, 0.3) is 0 Å². The van der Waals surface area contributed by atoms with E-state index in [-0.39, 0.29) is 17.0 Å². The van der Waals surface area contributed by atoms with Gasteiger partial charge in [0.15, 0.2) is 5.69 Å². The number of aliphatic imine (C=N–C) groups is 1. The van der Waals surface area contributed by atoms with Crippen LogP contribution < -0.4 is 11.1 Å². The van der Waals surface area contributed by atoms with Crippen molar-refractivity contribution in [3.63, 3.8) is 0 Å². The number of hydrogen-bond acceptors (Lipinski definition) is 4. The fourth-order valence-corrected chi connectivity index (χ4v) is 3.97. The first-order chi connectivity index (χ1) is 15.7. The Hall–Kier alpha value is -3.14. The fourth-order valence-electron chi connectivity index (χ4n) is 3.92. The number of aromatic nitrogens is 3. The van der Waals surface area contributed by atoms with Crippen molar-refractivity contribution in [2.24, 2.45) is 10.7 Å². The van der Waals surface area contributed by atoms with Gasteiger partial charge in [-0.2, -0.15) is 18.3 Å². The van der Waals surface area contributed by atoms with Gasteiger partial charge in [-0.15, -0.1) is 0 Å². The Labute approximate surface area is 194 Å². The Balaban J connectivity index is 1.88. The first kappa shape index (κ1) is 24.5. The topological polar surface area (TPSA) is 98.2 Å². The van der Waals surface area contributed by atoms with Crippen LogP contribution in [0.2, 0.25) is 0 Å². The van der Waals surface area contributed by atoms with Gasteiger partial charge in [0.25, 0.3) is 5.91 Å². The summed E-state index contributed by atoms with van der Waals surface area (Å²) in [6.07, 6.45) is 6.45. The van der Waals surface area contributed by atoms with Crippen LogP contribution in [0.15, 0.2) is 59.6 Å². The third-order valence-electron chi connectivity index (χ3n) is 5.65. The molecule has 1 amide bonds. The van der Waals surface area contributed by atoms with Crippen molar-refractivity contribution in [1.82, 2.24) is 20.1 Å². The molecule has 3 rings (SSSR count). The van der Waals surface area contributed by atoms with E-state index < -0.39 is 29.3 Å². The molecule has 1 saturated carbocycles. The molecule has 1 aliphatic carbocycles. The number of nitrogens with one attached hydrogen (secondary N) is 1. The summed E-state index contributed by atoms with van der Waals surface area (Å²) < 4.78 is 41.5. The number of amides is 1. The summed E-state index contributed by atoms with van der Waals surface area (Å²) >= 11 is 5.74. The van der Waals surface area contributed by atoms with Gasteiger partial charge in [-0.25, -0.2) is 9.67 Å². The average molecular weight is 481 g/mol. The molecule has 3 N–H and O–H groups in total. The third kappa shape index (κ3) is 5.81. The lowest BCUT2D eigenvalue weighted by atomic mass is 9.70. The van der Waals surface area contributed by atoms with Crippen LogP contribution in [0, 0.1) is 0 Å². The molecule has 0 aromatic carbocycles. The summed E-state index contributed by atoms with van der Waals surface area (Å²) in [4.78, 5) is 20.8. The molecule has 7 nitrogen and oxygen atoms in total. The lowest BCUT2D eigenvalue weighted by Gasteiger charge is -2.37. The molecule has 33 heavy (non-hydrogen) atoms. The molecule has 0 saturated heterocycles. The minimum atomic E-state index is -4.86. The Morgan fingerprint density at radius 2 is 2.09 bits per heavy atom. The highest BCUT2D eigenvalue weighted by atomic mass is 35.5. The van der Waals surface area contributed by atoms with Crippen molar-refractivity contribution in [2.75, 3.05) is 6.54 Å². The number of nitrogens with zero attached hydrogens (tertiary/aromatic N) is 4. The maximum atomic E-state index is 13.6. The van der Waals surface area contributed by atoms with Gasteiger partial charge >= 0.3 is 6.18 Å². The smallest absolute Gasteiger partial charge is 0.368 e. The quantitative estimate of drug-likeness (QED) is 0.364. The number of hydrogen-bond donors (Lipinski definition) is 2. The highest BCUT2D eigenvalue weighted by molar-refractivity contribution is 6.31. The number of pyridine rings is 1. The van der Waals surface area contributed by atoms with Crippen LogP contribution in [-0.4, -0.2) is 33.2 Å². The predicted octanol–water partition coefficient (Wildman–Crippen LogP) is 4.36. The van der Waals surface area contributed by atoms with E-state index >= 15 is 0 Å². The Bertz CT molecular complexity index is 1060. The maximum absolute atomic E-state index is 13.6. The molecule has 0 atom stereocenters. The summed E-state index contributed by atoms with van der Waals surface area (Å²) in [5.74, 6) is -1.28. The number of carbonyl (C=O) groups excluding carboxylic acids is 1. The second-order valence-electron chi connectivity index (χ2n) is 7.80. The van der Waals surface area contributed by atoms with E-state index in [1.165, 1.54) is 6.08 Å². The van der Waals surface area contributed by atoms with Crippen molar-refractivity contribution in [3.8, 4) is 0 Å². The molecule has 0 aliphatic heterocycles. The molecule has 2 aromatic rings. The second-order valence-corrected chi connectivity index (χ2v) is 8.24. The first-order valence-electron chi connectivity index (χ1n) is 10.3. The molecule has 2 aromatic heterocycles. The molecule has 11 heteroatoms. The van der Waals surface area contributed by atoms with E-state index in [2.05, 4.69) is 27.0 Å². The number of rotatable bonds is 6. The van der Waals surface area contributed by atoms with E-state index in [4.69, 9.17) is 17.3 Å². The van der Waals surface area contributed by atoms with Crippen LogP contribution in [0.5, 0.6) is 0 Å². The molecular formula is C22H24ClF3N6O. The molecular weight excluding hydrogens is 457 g/mol. The molecule has 2 heterocycles. The normalized spacial score (nSPS) is 17.0. The summed E-state index contributed by atoms with van der Waals surface area (Å²) in [6, 6.07) is 3.75. The molecule has 0 spiro atoms. The fraction of sp³-hybridized carbons (Fsp3) is 0.364. The van der Waals surface area contributed by atoms with Crippen LogP contribution in [0.4, 0.5) is 13.2 Å². The Kier molecular flexibility index (Phi) is 7.57. The lowest BCUT2D eigenvalue weighted by molar-refractivity contribution is -0.141. The summed E-state index contributed by atoms with van der Waals surface area (Å²) in [6.45, 7) is 3.61. The summed E-state index contributed by atoms with van der Waals surface area (Å²) in [7, 11) is 0. The highest BCUT2D eigenvalue weighted by Gasteiger charge is 2.40. The predicted molar refractivity (Wildman–Crippen MR) is 120 cm³/mol. The number of halogens is 4. The largest absolute Gasteiger partial charge is 0.435 e. The monoisotopic (exact) mass is 480 g/mol. The van der Waals surface area contributed by atoms with Gasteiger partial charge in [-0.05, 0) is 30.5 Å². The van der Waals surface area contributed by atoms with Crippen LogP contribution in [-0.2, 0) is 11.6 Å². The van der Waals surface area contributed by atoms with Crippen molar-refractivity contribution in [2.45, 2.75) is 43.7 Å². The highest BCUT2D eigenvalue weighted by Crippen LogP contribution is 2.39. The average Bonchev–Trinajstić information content (AvgIpc) is 3.28. The van der Waals surface area contributed by atoms with Crippen LogP contribution in [0.1, 0.15) is 53.7 Å².